The van der Waals surface area contributed by atoms with E-state index in [0.717, 1.165) is 24.8 Å². The highest BCUT2D eigenvalue weighted by Gasteiger charge is 2.44. The minimum atomic E-state index is -0.0859. The summed E-state index contributed by atoms with van der Waals surface area (Å²) in [6.45, 7) is 0. The third kappa shape index (κ3) is 2.92. The zero-order valence-corrected chi connectivity index (χ0v) is 15.5. The molecule has 5 rings (SSSR count). The van der Waals surface area contributed by atoms with Crippen molar-refractivity contribution < 1.29 is 4.79 Å². The highest BCUT2D eigenvalue weighted by Crippen LogP contribution is 2.44. The van der Waals surface area contributed by atoms with E-state index in [2.05, 4.69) is 22.2 Å². The second kappa shape index (κ2) is 6.50. The Kier molecular flexibility index (Phi) is 3.97. The van der Waals surface area contributed by atoms with Crippen molar-refractivity contribution >= 4 is 23.5 Å². The topological polar surface area (TPSA) is 51.0 Å². The number of benzene rings is 2. The summed E-state index contributed by atoms with van der Waals surface area (Å²) in [6.07, 6.45) is 4.21. The number of aromatic nitrogens is 3. The summed E-state index contributed by atoms with van der Waals surface area (Å²) in [7, 11) is 0. The minimum Gasteiger partial charge on any atom is -0.274 e. The quantitative estimate of drug-likeness (QED) is 0.678. The molecular weight excluding hydrogens is 360 g/mol. The maximum Gasteiger partial charge on any atom is 0.233 e. The number of carbonyl (C=O) groups excluding carboxylic acids is 1. The van der Waals surface area contributed by atoms with Gasteiger partial charge >= 0.3 is 0 Å². The Labute approximate surface area is 162 Å². The molecule has 0 unspecified atom stereocenters. The second-order valence-corrected chi connectivity index (χ2v) is 7.65. The molecule has 2 aromatic carbocycles. The molecule has 6 heteroatoms. The molecule has 5 nitrogen and oxygen atoms in total. The second-order valence-electron chi connectivity index (χ2n) is 7.22. The van der Waals surface area contributed by atoms with Gasteiger partial charge in [-0.05, 0) is 42.5 Å². The Balaban J connectivity index is 1.63. The van der Waals surface area contributed by atoms with Crippen molar-refractivity contribution in [3.63, 3.8) is 0 Å². The molecule has 0 radical (unpaired) electrons. The third-order valence-corrected chi connectivity index (χ3v) is 5.68. The Morgan fingerprint density at radius 2 is 1.67 bits per heavy atom. The van der Waals surface area contributed by atoms with E-state index in [9.17, 15) is 4.79 Å². The summed E-state index contributed by atoms with van der Waals surface area (Å²) in [5.41, 5.74) is 2.24. The fourth-order valence-electron chi connectivity index (χ4n) is 3.89. The van der Waals surface area contributed by atoms with E-state index in [4.69, 9.17) is 11.6 Å². The number of carbonyl (C=O) groups is 1. The van der Waals surface area contributed by atoms with E-state index in [1.165, 1.54) is 5.56 Å². The zero-order valence-electron chi connectivity index (χ0n) is 14.7. The van der Waals surface area contributed by atoms with Gasteiger partial charge in [0, 0.05) is 10.9 Å². The van der Waals surface area contributed by atoms with Gasteiger partial charge in [-0.2, -0.15) is 10.1 Å². The van der Waals surface area contributed by atoms with Crippen LogP contribution in [0.25, 0.3) is 0 Å². The van der Waals surface area contributed by atoms with Gasteiger partial charge < -0.3 is 0 Å². The lowest BCUT2D eigenvalue weighted by molar-refractivity contribution is -0.120. The van der Waals surface area contributed by atoms with E-state index in [1.54, 1.807) is 6.33 Å². The predicted molar refractivity (Wildman–Crippen MR) is 104 cm³/mol. The molecule has 2 aliphatic rings. The number of fused-ring (bicyclic) bond motifs is 1. The van der Waals surface area contributed by atoms with Gasteiger partial charge in [0.2, 0.25) is 11.9 Å². The standard InChI is InChI=1S/C21H19ClN4O/c22-17-10-8-15(9-11-17)18-12-19(14-4-2-1-3-5-14)26-21(23-13-24-26)25(18)20(27)16-6-7-16/h1-5,8-11,13,16,18-19H,6-7,12H2/t18-,19+/m1/s1. The van der Waals surface area contributed by atoms with Gasteiger partial charge in [0.1, 0.15) is 6.33 Å². The van der Waals surface area contributed by atoms with Crippen molar-refractivity contribution in [3.05, 3.63) is 77.1 Å². The van der Waals surface area contributed by atoms with Crippen LogP contribution in [0.1, 0.15) is 42.5 Å². The molecule has 2 atom stereocenters. The normalized spacial score (nSPS) is 21.7. The summed E-state index contributed by atoms with van der Waals surface area (Å²) < 4.78 is 1.89. The average Bonchev–Trinajstić information content (AvgIpc) is 3.44. The number of halogens is 1. The van der Waals surface area contributed by atoms with E-state index in [1.807, 2.05) is 52.0 Å². The van der Waals surface area contributed by atoms with Gasteiger partial charge in [-0.1, -0.05) is 54.1 Å². The van der Waals surface area contributed by atoms with Gasteiger partial charge in [0.05, 0.1) is 12.1 Å². The van der Waals surface area contributed by atoms with Gasteiger partial charge in [-0.25, -0.2) is 4.68 Å². The molecule has 0 N–H and O–H groups in total. The first kappa shape index (κ1) is 16.5. The van der Waals surface area contributed by atoms with E-state index in [0.29, 0.717) is 11.0 Å². The predicted octanol–water partition coefficient (Wildman–Crippen LogP) is 4.41. The fourth-order valence-corrected chi connectivity index (χ4v) is 4.02. The van der Waals surface area contributed by atoms with Crippen LogP contribution in [0.4, 0.5) is 5.95 Å². The fraction of sp³-hybridized carbons (Fsp3) is 0.286. The molecule has 0 saturated heterocycles. The molecular formula is C21H19ClN4O. The maximum atomic E-state index is 13.1. The van der Waals surface area contributed by atoms with Gasteiger partial charge in [-0.15, -0.1) is 0 Å². The van der Waals surface area contributed by atoms with Crippen LogP contribution in [0.3, 0.4) is 0 Å². The lowest BCUT2D eigenvalue weighted by atomic mass is 9.91. The lowest BCUT2D eigenvalue weighted by Gasteiger charge is -2.39. The van der Waals surface area contributed by atoms with Crippen LogP contribution in [0.5, 0.6) is 0 Å². The minimum absolute atomic E-state index is 0.0348. The van der Waals surface area contributed by atoms with Crippen LogP contribution >= 0.6 is 11.6 Å². The van der Waals surface area contributed by atoms with Crippen LogP contribution in [0.15, 0.2) is 60.9 Å². The molecule has 0 spiro atoms. The number of nitrogens with zero attached hydrogens (tertiary/aromatic N) is 4. The SMILES string of the molecule is O=C(C1CC1)N1c2ncnn2[C@H](c2ccccc2)C[C@@H]1c1ccc(Cl)cc1. The highest BCUT2D eigenvalue weighted by atomic mass is 35.5. The zero-order chi connectivity index (χ0) is 18.4. The first-order chi connectivity index (χ1) is 13.2. The Morgan fingerprint density at radius 3 is 2.37 bits per heavy atom. The largest absolute Gasteiger partial charge is 0.274 e. The number of hydrogen-bond donors (Lipinski definition) is 0. The van der Waals surface area contributed by atoms with Crippen LogP contribution in [-0.2, 0) is 4.79 Å². The van der Waals surface area contributed by atoms with Crippen LogP contribution < -0.4 is 4.90 Å². The molecule has 0 bridgehead atoms. The van der Waals surface area contributed by atoms with Crippen LogP contribution in [0, 0.1) is 5.92 Å². The molecule has 3 aromatic rings. The van der Waals surface area contributed by atoms with Gasteiger partial charge in [0.25, 0.3) is 0 Å². The molecule has 1 saturated carbocycles. The van der Waals surface area contributed by atoms with Crippen molar-refractivity contribution in [2.45, 2.75) is 31.3 Å². The summed E-state index contributed by atoms with van der Waals surface area (Å²) in [5.74, 6) is 0.890. The summed E-state index contributed by atoms with van der Waals surface area (Å²) in [4.78, 5) is 19.5. The van der Waals surface area contributed by atoms with Crippen molar-refractivity contribution in [1.82, 2.24) is 14.8 Å². The Bertz CT molecular complexity index is 965. The average molecular weight is 379 g/mol. The lowest BCUT2D eigenvalue weighted by Crippen LogP contribution is -2.43. The number of rotatable bonds is 3. The molecule has 2 heterocycles. The molecule has 1 fully saturated rings. The van der Waals surface area contributed by atoms with E-state index >= 15 is 0 Å². The van der Waals surface area contributed by atoms with Gasteiger partial charge in [0.15, 0.2) is 0 Å². The summed E-state index contributed by atoms with van der Waals surface area (Å²) in [5, 5.41) is 5.15. The maximum absolute atomic E-state index is 13.1. The monoisotopic (exact) mass is 378 g/mol. The Morgan fingerprint density at radius 1 is 0.963 bits per heavy atom. The van der Waals surface area contributed by atoms with Crippen molar-refractivity contribution in [2.24, 2.45) is 5.92 Å². The van der Waals surface area contributed by atoms with Gasteiger partial charge in [-0.3, -0.25) is 9.69 Å². The molecule has 136 valence electrons. The molecule has 27 heavy (non-hydrogen) atoms. The first-order valence-corrected chi connectivity index (χ1v) is 9.63. The number of amides is 1. The van der Waals surface area contributed by atoms with Crippen molar-refractivity contribution in [2.75, 3.05) is 4.90 Å². The summed E-state index contributed by atoms with van der Waals surface area (Å²) in [6, 6.07) is 18.0. The van der Waals surface area contributed by atoms with Crippen LogP contribution in [-0.4, -0.2) is 20.7 Å². The van der Waals surface area contributed by atoms with Crippen LogP contribution in [0.2, 0.25) is 5.02 Å². The first-order valence-electron chi connectivity index (χ1n) is 9.25. The van der Waals surface area contributed by atoms with Crippen molar-refractivity contribution in [3.8, 4) is 0 Å². The summed E-state index contributed by atoms with van der Waals surface area (Å²) >= 11 is 6.09. The molecule has 1 amide bonds. The Hall–Kier alpha value is -2.66. The molecule has 1 aliphatic carbocycles. The molecule has 1 aliphatic heterocycles. The smallest absolute Gasteiger partial charge is 0.233 e. The third-order valence-electron chi connectivity index (χ3n) is 5.43. The highest BCUT2D eigenvalue weighted by molar-refractivity contribution is 6.30. The van der Waals surface area contributed by atoms with E-state index in [-0.39, 0.29) is 23.9 Å². The van der Waals surface area contributed by atoms with E-state index < -0.39 is 0 Å². The number of hydrogen-bond acceptors (Lipinski definition) is 3. The number of anilines is 1. The van der Waals surface area contributed by atoms with Crippen molar-refractivity contribution in [1.29, 1.82) is 0 Å². The molecule has 1 aromatic heterocycles.